The molecular formula is C46H36N2. The Morgan fingerprint density at radius 1 is 0.458 bits per heavy atom. The third-order valence-corrected chi connectivity index (χ3v) is 12.9. The second-order valence-electron chi connectivity index (χ2n) is 15.8. The first-order valence-corrected chi connectivity index (χ1v) is 17.5. The molecule has 2 nitrogen and oxygen atoms in total. The molecule has 0 aliphatic heterocycles. The Balaban J connectivity index is 1.28. The molecular weight excluding hydrogens is 581 g/mol. The Morgan fingerprint density at radius 3 is 1.27 bits per heavy atom. The van der Waals surface area contributed by atoms with Gasteiger partial charge in [-0.2, -0.15) is 10.5 Å². The number of hydrogen-bond donors (Lipinski definition) is 0. The van der Waals surface area contributed by atoms with Crippen LogP contribution in [0.5, 0.6) is 0 Å². The fourth-order valence-electron chi connectivity index (χ4n) is 10.5. The van der Waals surface area contributed by atoms with Crippen LogP contribution in [0.2, 0.25) is 0 Å². The van der Waals surface area contributed by atoms with Gasteiger partial charge < -0.3 is 0 Å². The zero-order chi connectivity index (χ0) is 32.7. The molecule has 10 rings (SSSR count). The summed E-state index contributed by atoms with van der Waals surface area (Å²) >= 11 is 0. The molecule has 0 saturated heterocycles. The molecule has 0 N–H and O–H groups in total. The minimum Gasteiger partial charge on any atom is -0.192 e. The number of fused-ring (bicyclic) bond motifs is 15. The second-order valence-corrected chi connectivity index (χ2v) is 15.8. The average molecular weight is 617 g/mol. The molecule has 4 aliphatic carbocycles. The molecule has 0 bridgehead atoms. The average Bonchev–Trinajstić information content (AvgIpc) is 3.59. The van der Waals surface area contributed by atoms with Gasteiger partial charge >= 0.3 is 0 Å². The first kappa shape index (κ1) is 27.9. The maximum Gasteiger partial charge on any atom is 0.0998 e. The van der Waals surface area contributed by atoms with E-state index in [4.69, 9.17) is 0 Å². The molecule has 0 radical (unpaired) electrons. The van der Waals surface area contributed by atoms with Crippen molar-refractivity contribution in [3.05, 3.63) is 129 Å². The molecule has 2 heteroatoms. The minimum absolute atomic E-state index is 0.0163. The van der Waals surface area contributed by atoms with E-state index in [9.17, 15) is 10.5 Å². The van der Waals surface area contributed by atoms with E-state index in [1.54, 1.807) is 0 Å². The Bertz CT molecular complexity index is 2390. The van der Waals surface area contributed by atoms with Crippen molar-refractivity contribution < 1.29 is 0 Å². The van der Waals surface area contributed by atoms with E-state index in [0.717, 1.165) is 21.9 Å². The second kappa shape index (κ2) is 9.04. The van der Waals surface area contributed by atoms with Gasteiger partial charge in [0.05, 0.1) is 23.3 Å². The van der Waals surface area contributed by atoms with Crippen LogP contribution in [0.1, 0.15) is 104 Å². The van der Waals surface area contributed by atoms with Gasteiger partial charge in [-0.3, -0.25) is 0 Å². The van der Waals surface area contributed by atoms with Gasteiger partial charge in [0.25, 0.3) is 0 Å². The van der Waals surface area contributed by atoms with Crippen molar-refractivity contribution in [2.24, 2.45) is 0 Å². The maximum absolute atomic E-state index is 10.2. The van der Waals surface area contributed by atoms with Gasteiger partial charge in [0.1, 0.15) is 0 Å². The highest BCUT2D eigenvalue weighted by molar-refractivity contribution is 6.08. The molecule has 0 aromatic heterocycles. The van der Waals surface area contributed by atoms with Crippen molar-refractivity contribution in [2.75, 3.05) is 0 Å². The first-order chi connectivity index (χ1) is 23.2. The molecule has 6 aromatic rings. The molecule has 0 unspecified atom stereocenters. The summed E-state index contributed by atoms with van der Waals surface area (Å²) in [7, 11) is 0. The monoisotopic (exact) mass is 616 g/mol. The molecule has 48 heavy (non-hydrogen) atoms. The van der Waals surface area contributed by atoms with Crippen LogP contribution < -0.4 is 0 Å². The number of nitrogens with zero attached hydrogens (tertiary/aromatic N) is 2. The van der Waals surface area contributed by atoms with E-state index in [2.05, 4.69) is 125 Å². The van der Waals surface area contributed by atoms with Crippen LogP contribution in [0.3, 0.4) is 0 Å². The largest absolute Gasteiger partial charge is 0.192 e. The smallest absolute Gasteiger partial charge is 0.0998 e. The molecule has 1 saturated carbocycles. The summed E-state index contributed by atoms with van der Waals surface area (Å²) in [5.74, 6) is 0. The molecule has 6 aromatic carbocycles. The van der Waals surface area contributed by atoms with Gasteiger partial charge in [0, 0.05) is 27.0 Å². The van der Waals surface area contributed by atoms with Crippen LogP contribution in [-0.4, -0.2) is 0 Å². The third kappa shape index (κ3) is 3.17. The third-order valence-electron chi connectivity index (χ3n) is 12.9. The van der Waals surface area contributed by atoms with Gasteiger partial charge in [-0.05, 0) is 127 Å². The lowest BCUT2D eigenvalue weighted by atomic mass is 9.67. The van der Waals surface area contributed by atoms with Crippen molar-refractivity contribution in [3.8, 4) is 45.5 Å². The standard InChI is InChI=1S/C46H36N2/c1-44(2)36-20-32-33-21-37-35(43-31-15-9-7-13-29(31)27(25-48)19-41(43)45(37,3)4)23-39(33)46(16-10-5-11-17-46)38(32)22-34(36)42-30-14-8-6-12-28(30)26(24-47)18-40(42)44/h6-9,12-15,18-23H,5,10-11,16-17H2,1-4H3. The molecule has 0 heterocycles. The molecule has 1 spiro atoms. The van der Waals surface area contributed by atoms with Crippen LogP contribution in [0.4, 0.5) is 0 Å². The number of benzene rings is 6. The molecule has 0 amide bonds. The maximum atomic E-state index is 10.2. The normalized spacial score (nSPS) is 18.0. The van der Waals surface area contributed by atoms with Crippen molar-refractivity contribution in [1.29, 1.82) is 10.5 Å². The first-order valence-electron chi connectivity index (χ1n) is 17.5. The molecule has 0 atom stereocenters. The van der Waals surface area contributed by atoms with Crippen LogP contribution in [-0.2, 0) is 16.2 Å². The van der Waals surface area contributed by atoms with Crippen molar-refractivity contribution in [1.82, 2.24) is 0 Å². The summed E-state index contributed by atoms with van der Waals surface area (Å²) in [5, 5.41) is 24.8. The summed E-state index contributed by atoms with van der Waals surface area (Å²) in [6.07, 6.45) is 6.09. The fraction of sp³-hybridized carbons (Fsp3) is 0.261. The number of rotatable bonds is 0. The molecule has 1 fully saturated rings. The zero-order valence-electron chi connectivity index (χ0n) is 28.0. The summed E-state index contributed by atoms with van der Waals surface area (Å²) < 4.78 is 0. The predicted octanol–water partition coefficient (Wildman–Crippen LogP) is 11.6. The SMILES string of the molecule is CC1(C)c2cc3c(cc2-c2c1cc(C#N)c1ccccc21)C1(CCCCC1)c1cc2c(cc1-3)C(C)(C)c1cc(C#N)c3ccccc3c1-2. The summed E-state index contributed by atoms with van der Waals surface area (Å²) in [6, 6.07) is 36.6. The number of hydrogen-bond acceptors (Lipinski definition) is 2. The van der Waals surface area contributed by atoms with Gasteiger partial charge in [-0.25, -0.2) is 0 Å². The van der Waals surface area contributed by atoms with E-state index in [1.807, 2.05) is 0 Å². The van der Waals surface area contributed by atoms with Gasteiger partial charge in [0.2, 0.25) is 0 Å². The summed E-state index contributed by atoms with van der Waals surface area (Å²) in [6.45, 7) is 9.36. The topological polar surface area (TPSA) is 47.6 Å². The number of nitriles is 2. The zero-order valence-corrected chi connectivity index (χ0v) is 28.0. The van der Waals surface area contributed by atoms with E-state index in [1.165, 1.54) is 110 Å². The van der Waals surface area contributed by atoms with Crippen LogP contribution in [0.15, 0.2) is 84.9 Å². The Morgan fingerprint density at radius 2 is 0.854 bits per heavy atom. The van der Waals surface area contributed by atoms with E-state index in [0.29, 0.717) is 0 Å². The highest BCUT2D eigenvalue weighted by atomic mass is 14.5. The van der Waals surface area contributed by atoms with Gasteiger partial charge in [-0.1, -0.05) is 95.5 Å². The highest BCUT2D eigenvalue weighted by Crippen LogP contribution is 2.63. The lowest BCUT2D eigenvalue weighted by Crippen LogP contribution is -2.28. The van der Waals surface area contributed by atoms with Crippen LogP contribution in [0, 0.1) is 22.7 Å². The van der Waals surface area contributed by atoms with Gasteiger partial charge in [0.15, 0.2) is 0 Å². The Labute approximate surface area is 282 Å². The van der Waals surface area contributed by atoms with E-state index >= 15 is 0 Å². The van der Waals surface area contributed by atoms with E-state index in [-0.39, 0.29) is 16.2 Å². The fourth-order valence-corrected chi connectivity index (χ4v) is 10.5. The van der Waals surface area contributed by atoms with Crippen molar-refractivity contribution in [3.63, 3.8) is 0 Å². The van der Waals surface area contributed by atoms with Crippen LogP contribution in [0.25, 0.3) is 54.9 Å². The molecule has 4 aliphatic rings. The van der Waals surface area contributed by atoms with E-state index < -0.39 is 0 Å². The van der Waals surface area contributed by atoms with Crippen molar-refractivity contribution >= 4 is 21.5 Å². The molecule has 230 valence electrons. The lowest BCUT2D eigenvalue weighted by molar-refractivity contribution is 0.353. The summed E-state index contributed by atoms with van der Waals surface area (Å²) in [5.41, 5.74) is 17.4. The predicted molar refractivity (Wildman–Crippen MR) is 195 cm³/mol. The lowest BCUT2D eigenvalue weighted by Gasteiger charge is -2.36. The van der Waals surface area contributed by atoms with Gasteiger partial charge in [-0.15, -0.1) is 0 Å². The quantitative estimate of drug-likeness (QED) is 0.170. The Hall–Kier alpha value is -5.18. The minimum atomic E-state index is -0.226. The van der Waals surface area contributed by atoms with Crippen molar-refractivity contribution in [2.45, 2.75) is 76.0 Å². The summed E-state index contributed by atoms with van der Waals surface area (Å²) in [4.78, 5) is 0. The Kier molecular flexibility index (Phi) is 5.25. The van der Waals surface area contributed by atoms with Crippen LogP contribution >= 0.6 is 0 Å². The highest BCUT2D eigenvalue weighted by Gasteiger charge is 2.49.